The highest BCUT2D eigenvalue weighted by Gasteiger charge is 2.52. The number of fused-ring (bicyclic) bond motifs is 4. The number of halogens is 1. The van der Waals surface area contributed by atoms with Gasteiger partial charge in [-0.15, -0.1) is 0 Å². The summed E-state index contributed by atoms with van der Waals surface area (Å²) in [6, 6.07) is 5.50. The highest BCUT2D eigenvalue weighted by molar-refractivity contribution is 7.91. The molecule has 2 aromatic rings. The molecule has 156 valence electrons. The third-order valence-electron chi connectivity index (χ3n) is 7.27. The molecule has 1 aromatic carbocycles. The summed E-state index contributed by atoms with van der Waals surface area (Å²) in [7, 11) is -3.09. The Labute approximate surface area is 175 Å². The van der Waals surface area contributed by atoms with Gasteiger partial charge < -0.3 is 9.73 Å². The zero-order valence-electron chi connectivity index (χ0n) is 16.2. The summed E-state index contributed by atoms with van der Waals surface area (Å²) in [5.74, 6) is 0.496. The van der Waals surface area contributed by atoms with Crippen molar-refractivity contribution in [2.45, 2.75) is 62.3 Å². The third-order valence-corrected chi connectivity index (χ3v) is 9.33. The monoisotopic (exact) mass is 436 g/mol. The van der Waals surface area contributed by atoms with Crippen molar-refractivity contribution >= 4 is 38.4 Å². The van der Waals surface area contributed by atoms with E-state index in [1.165, 1.54) is 0 Å². The highest BCUT2D eigenvalue weighted by Crippen LogP contribution is 2.53. The van der Waals surface area contributed by atoms with Crippen molar-refractivity contribution in [1.29, 1.82) is 0 Å². The minimum Gasteiger partial charge on any atom is -0.440 e. The van der Waals surface area contributed by atoms with E-state index in [1.807, 2.05) is 18.2 Å². The van der Waals surface area contributed by atoms with Crippen LogP contribution in [0.15, 0.2) is 22.6 Å². The molecule has 2 bridgehead atoms. The number of benzene rings is 1. The molecule has 1 amide bonds. The van der Waals surface area contributed by atoms with Gasteiger partial charge in [-0.05, 0) is 69.6 Å². The molecule has 1 aliphatic heterocycles. The van der Waals surface area contributed by atoms with E-state index in [0.717, 1.165) is 55.5 Å². The van der Waals surface area contributed by atoms with Gasteiger partial charge in [-0.25, -0.2) is 13.4 Å². The van der Waals surface area contributed by atoms with Gasteiger partial charge in [0.1, 0.15) is 5.52 Å². The summed E-state index contributed by atoms with van der Waals surface area (Å²) >= 11 is 6.08. The van der Waals surface area contributed by atoms with Crippen LogP contribution in [0, 0.1) is 5.92 Å². The Hall–Kier alpha value is -1.60. The number of hydrogen-bond acceptors (Lipinski definition) is 5. The molecular formula is C21H25ClN2O4S. The SMILES string of the molecule is O=C(NC12CCC(c3nc4cc(Cl)ccc4o3)(CC1)CC2)C1CCCS(=O)(=O)C1. The number of hydrogen-bond donors (Lipinski definition) is 1. The molecular weight excluding hydrogens is 412 g/mol. The summed E-state index contributed by atoms with van der Waals surface area (Å²) in [5.41, 5.74) is 1.26. The van der Waals surface area contributed by atoms with Crippen LogP contribution in [0.1, 0.15) is 57.3 Å². The predicted molar refractivity (Wildman–Crippen MR) is 111 cm³/mol. The molecule has 29 heavy (non-hydrogen) atoms. The van der Waals surface area contributed by atoms with E-state index in [4.69, 9.17) is 21.0 Å². The second-order valence-electron chi connectivity index (χ2n) is 9.13. The molecule has 4 aliphatic rings. The van der Waals surface area contributed by atoms with Gasteiger partial charge in [0.15, 0.2) is 15.4 Å². The normalized spacial score (nSPS) is 33.6. The first kappa shape index (κ1) is 19.4. The average molecular weight is 437 g/mol. The molecule has 3 aliphatic carbocycles. The first-order valence-electron chi connectivity index (χ1n) is 10.4. The smallest absolute Gasteiger partial charge is 0.224 e. The number of nitrogens with one attached hydrogen (secondary N) is 1. The van der Waals surface area contributed by atoms with Crippen LogP contribution in [0.4, 0.5) is 0 Å². The van der Waals surface area contributed by atoms with Gasteiger partial charge in [0.25, 0.3) is 0 Å². The molecule has 6 nitrogen and oxygen atoms in total. The number of carbonyl (C=O) groups excluding carboxylic acids is 1. The van der Waals surface area contributed by atoms with Gasteiger partial charge in [-0.3, -0.25) is 4.79 Å². The quantitative estimate of drug-likeness (QED) is 0.791. The highest BCUT2D eigenvalue weighted by atomic mass is 35.5. The molecule has 6 rings (SSSR count). The van der Waals surface area contributed by atoms with Gasteiger partial charge in [0.05, 0.1) is 17.4 Å². The molecule has 1 aromatic heterocycles. The lowest BCUT2D eigenvalue weighted by Crippen LogP contribution is -2.59. The molecule has 1 unspecified atom stereocenters. The summed E-state index contributed by atoms with van der Waals surface area (Å²) in [4.78, 5) is 17.5. The van der Waals surface area contributed by atoms with Crippen LogP contribution in [0.5, 0.6) is 0 Å². The van der Waals surface area contributed by atoms with Gasteiger partial charge in [-0.1, -0.05) is 11.6 Å². The maximum Gasteiger partial charge on any atom is 0.224 e. The fourth-order valence-electron chi connectivity index (χ4n) is 5.41. The maximum absolute atomic E-state index is 12.8. The van der Waals surface area contributed by atoms with Crippen LogP contribution >= 0.6 is 11.6 Å². The topological polar surface area (TPSA) is 89.3 Å². The van der Waals surface area contributed by atoms with Crippen LogP contribution in [0.2, 0.25) is 5.02 Å². The lowest BCUT2D eigenvalue weighted by atomic mass is 9.57. The first-order chi connectivity index (χ1) is 13.8. The van der Waals surface area contributed by atoms with Crippen molar-refractivity contribution in [3.8, 4) is 0 Å². The van der Waals surface area contributed by atoms with E-state index in [0.29, 0.717) is 17.9 Å². The largest absolute Gasteiger partial charge is 0.440 e. The Morgan fingerprint density at radius 1 is 1.17 bits per heavy atom. The second-order valence-corrected chi connectivity index (χ2v) is 11.8. The molecule has 0 radical (unpaired) electrons. The molecule has 2 heterocycles. The lowest BCUT2D eigenvalue weighted by Gasteiger charge is -2.52. The second kappa shape index (κ2) is 6.71. The van der Waals surface area contributed by atoms with E-state index in [9.17, 15) is 13.2 Å². The van der Waals surface area contributed by atoms with Crippen molar-refractivity contribution in [3.05, 3.63) is 29.1 Å². The van der Waals surface area contributed by atoms with Crippen molar-refractivity contribution in [2.75, 3.05) is 11.5 Å². The fourth-order valence-corrected chi connectivity index (χ4v) is 7.28. The molecule has 0 spiro atoms. The van der Waals surface area contributed by atoms with Crippen LogP contribution in [-0.4, -0.2) is 36.4 Å². The van der Waals surface area contributed by atoms with Crippen molar-refractivity contribution in [2.24, 2.45) is 5.92 Å². The van der Waals surface area contributed by atoms with E-state index in [1.54, 1.807) is 0 Å². The maximum atomic E-state index is 12.8. The number of rotatable bonds is 3. The van der Waals surface area contributed by atoms with Crippen molar-refractivity contribution in [1.82, 2.24) is 10.3 Å². The molecule has 1 N–H and O–H groups in total. The van der Waals surface area contributed by atoms with Gasteiger partial charge >= 0.3 is 0 Å². The van der Waals surface area contributed by atoms with Crippen LogP contribution in [-0.2, 0) is 20.0 Å². The Bertz CT molecular complexity index is 1050. The third kappa shape index (κ3) is 3.46. The van der Waals surface area contributed by atoms with Crippen LogP contribution in [0.3, 0.4) is 0 Å². The molecule has 1 atom stereocenters. The zero-order chi connectivity index (χ0) is 20.3. The van der Waals surface area contributed by atoms with Gasteiger partial charge in [0.2, 0.25) is 11.8 Å². The van der Waals surface area contributed by atoms with Crippen LogP contribution < -0.4 is 5.32 Å². The van der Waals surface area contributed by atoms with Crippen molar-refractivity contribution in [3.63, 3.8) is 0 Å². The summed E-state index contributed by atoms with van der Waals surface area (Å²) in [6.45, 7) is 0. The summed E-state index contributed by atoms with van der Waals surface area (Å²) in [5, 5.41) is 3.91. The van der Waals surface area contributed by atoms with Crippen LogP contribution in [0.25, 0.3) is 11.1 Å². The van der Waals surface area contributed by atoms with E-state index in [-0.39, 0.29) is 28.4 Å². The van der Waals surface area contributed by atoms with E-state index in [2.05, 4.69) is 5.32 Å². The van der Waals surface area contributed by atoms with E-state index < -0.39 is 15.8 Å². The number of nitrogens with zero attached hydrogens (tertiary/aromatic N) is 1. The molecule has 1 saturated heterocycles. The van der Waals surface area contributed by atoms with Gasteiger partial charge in [-0.2, -0.15) is 0 Å². The first-order valence-corrected chi connectivity index (χ1v) is 12.6. The molecule has 8 heteroatoms. The van der Waals surface area contributed by atoms with E-state index >= 15 is 0 Å². The number of oxazole rings is 1. The average Bonchev–Trinajstić information content (AvgIpc) is 3.12. The summed E-state index contributed by atoms with van der Waals surface area (Å²) < 4.78 is 29.9. The minimum atomic E-state index is -3.09. The lowest BCUT2D eigenvalue weighted by molar-refractivity contribution is -0.128. The minimum absolute atomic E-state index is 0.00961. The number of carbonyl (C=O) groups is 1. The number of amides is 1. The van der Waals surface area contributed by atoms with Crippen molar-refractivity contribution < 1.29 is 17.6 Å². The Kier molecular flexibility index (Phi) is 4.48. The predicted octanol–water partition coefficient (Wildman–Crippen LogP) is 3.77. The zero-order valence-corrected chi connectivity index (χ0v) is 17.8. The van der Waals surface area contributed by atoms with Gasteiger partial charge in [0, 0.05) is 16.0 Å². The Morgan fingerprint density at radius 3 is 2.59 bits per heavy atom. The molecule has 3 saturated carbocycles. The Morgan fingerprint density at radius 2 is 1.90 bits per heavy atom. The Balaban J connectivity index is 1.30. The summed E-state index contributed by atoms with van der Waals surface area (Å²) in [6.07, 6.45) is 6.60. The fraction of sp³-hybridized carbons (Fsp3) is 0.619. The number of sulfone groups is 1. The standard InChI is InChI=1S/C21H25ClN2O4S/c22-15-3-4-17-16(12-15)23-19(28-17)20-5-8-21(9-6-20,10-7-20)24-18(25)14-2-1-11-29(26,27)13-14/h3-4,12,14H,1-2,5-11,13H2,(H,24,25). The number of aromatic nitrogens is 1. The molecule has 4 fully saturated rings.